The number of hydrogen-bond donors (Lipinski definition) is 2. The lowest BCUT2D eigenvalue weighted by Crippen LogP contribution is -2.31. The number of hydrogen-bond acceptors (Lipinski definition) is 4. The number of anilines is 1. The van der Waals surface area contributed by atoms with Crippen LogP contribution in [0.25, 0.3) is 10.9 Å². The Morgan fingerprint density at radius 3 is 2.83 bits per heavy atom. The molecule has 1 aliphatic rings. The molecule has 4 rings (SSSR count). The van der Waals surface area contributed by atoms with Crippen molar-refractivity contribution in [1.82, 2.24) is 15.1 Å². The molecule has 2 N–H and O–H groups in total. The van der Waals surface area contributed by atoms with Crippen LogP contribution in [-0.4, -0.2) is 29.0 Å². The zero-order valence-electron chi connectivity index (χ0n) is 16.7. The summed E-state index contributed by atoms with van der Waals surface area (Å²) in [6.45, 7) is 4.37. The number of fused-ring (bicyclic) bond motifs is 2. The number of carbonyl (C=O) groups excluding carboxylic acids is 2. The van der Waals surface area contributed by atoms with Gasteiger partial charge in [0.05, 0.1) is 30.6 Å². The maximum absolute atomic E-state index is 12.7. The Hall–Kier alpha value is -3.35. The molecule has 150 valence electrons. The number of ether oxygens (including phenoxy) is 1. The van der Waals surface area contributed by atoms with Gasteiger partial charge in [-0.15, -0.1) is 0 Å². The summed E-state index contributed by atoms with van der Waals surface area (Å²) in [5.41, 5.74) is 4.97. The molecule has 0 aliphatic heterocycles. The van der Waals surface area contributed by atoms with Crippen molar-refractivity contribution in [2.24, 2.45) is 0 Å². The second kappa shape index (κ2) is 7.58. The van der Waals surface area contributed by atoms with Crippen LogP contribution >= 0.6 is 0 Å². The van der Waals surface area contributed by atoms with E-state index in [0.717, 1.165) is 17.5 Å². The summed E-state index contributed by atoms with van der Waals surface area (Å²) in [6.07, 6.45) is 2.81. The highest BCUT2D eigenvalue weighted by molar-refractivity contribution is 6.02. The zero-order valence-corrected chi connectivity index (χ0v) is 16.7. The highest BCUT2D eigenvalue weighted by atomic mass is 16.5. The molecule has 1 unspecified atom stereocenters. The SMILES string of the molecule is COC(=O)n1ncc2c(NC(=O)NC3CCc4cc(C(C)C)ccc43)cccc21. The zero-order chi connectivity index (χ0) is 20.5. The van der Waals surface area contributed by atoms with Gasteiger partial charge in [-0.1, -0.05) is 38.1 Å². The number of methoxy groups -OCH3 is 1. The number of nitrogens with zero attached hydrogens (tertiary/aromatic N) is 2. The van der Waals surface area contributed by atoms with Crippen molar-refractivity contribution in [2.45, 2.75) is 38.6 Å². The van der Waals surface area contributed by atoms with E-state index in [-0.39, 0.29) is 12.1 Å². The Bertz CT molecular complexity index is 1090. The lowest BCUT2D eigenvalue weighted by atomic mass is 9.98. The van der Waals surface area contributed by atoms with Crippen LogP contribution < -0.4 is 10.6 Å². The normalized spacial score (nSPS) is 15.4. The summed E-state index contributed by atoms with van der Waals surface area (Å²) in [6, 6.07) is 11.5. The fraction of sp³-hybridized carbons (Fsp3) is 0.318. The average Bonchev–Trinajstić information content (AvgIpc) is 3.32. The first-order valence-electron chi connectivity index (χ1n) is 9.73. The molecular weight excluding hydrogens is 368 g/mol. The van der Waals surface area contributed by atoms with Gasteiger partial charge in [0.2, 0.25) is 0 Å². The first-order valence-corrected chi connectivity index (χ1v) is 9.73. The monoisotopic (exact) mass is 392 g/mol. The molecule has 0 saturated heterocycles. The Balaban J connectivity index is 1.51. The lowest BCUT2D eigenvalue weighted by Gasteiger charge is -2.16. The molecule has 0 spiro atoms. The van der Waals surface area contributed by atoms with Crippen LogP contribution in [0.3, 0.4) is 0 Å². The maximum Gasteiger partial charge on any atom is 0.434 e. The first kappa shape index (κ1) is 19.0. The minimum absolute atomic E-state index is 0.0109. The molecule has 1 aromatic heterocycles. The highest BCUT2D eigenvalue weighted by Gasteiger charge is 2.25. The summed E-state index contributed by atoms with van der Waals surface area (Å²) in [5, 5.41) is 10.7. The standard InChI is InChI=1S/C22H24N4O3/c1-13(2)14-7-9-16-15(11-14)8-10-19(16)25-21(27)24-18-5-4-6-20-17(18)12-23-26(20)22(28)29-3/h4-7,9,11-13,19H,8,10H2,1-3H3,(H2,24,25,27). The summed E-state index contributed by atoms with van der Waals surface area (Å²) in [7, 11) is 1.30. The van der Waals surface area contributed by atoms with Crippen molar-refractivity contribution in [3.05, 3.63) is 59.3 Å². The molecule has 1 aliphatic carbocycles. The van der Waals surface area contributed by atoms with Gasteiger partial charge in [0.25, 0.3) is 0 Å². The van der Waals surface area contributed by atoms with Crippen molar-refractivity contribution in [1.29, 1.82) is 0 Å². The van der Waals surface area contributed by atoms with E-state index < -0.39 is 6.09 Å². The summed E-state index contributed by atoms with van der Waals surface area (Å²) < 4.78 is 5.90. The predicted molar refractivity (Wildman–Crippen MR) is 111 cm³/mol. The van der Waals surface area contributed by atoms with Gasteiger partial charge >= 0.3 is 12.1 Å². The highest BCUT2D eigenvalue weighted by Crippen LogP contribution is 2.33. The smallest absolute Gasteiger partial charge is 0.434 e. The van der Waals surface area contributed by atoms with Crippen molar-refractivity contribution >= 4 is 28.7 Å². The quantitative estimate of drug-likeness (QED) is 0.683. The fourth-order valence-electron chi connectivity index (χ4n) is 3.86. The first-order chi connectivity index (χ1) is 14.0. The minimum Gasteiger partial charge on any atom is -0.451 e. The Morgan fingerprint density at radius 1 is 1.24 bits per heavy atom. The van der Waals surface area contributed by atoms with Gasteiger partial charge in [0, 0.05) is 5.39 Å². The van der Waals surface area contributed by atoms with Gasteiger partial charge < -0.3 is 15.4 Å². The minimum atomic E-state index is -0.579. The second-order valence-electron chi connectivity index (χ2n) is 7.57. The molecule has 1 atom stereocenters. The lowest BCUT2D eigenvalue weighted by molar-refractivity contribution is 0.170. The number of urea groups is 1. The van der Waals surface area contributed by atoms with Crippen LogP contribution in [0.5, 0.6) is 0 Å². The molecule has 2 amide bonds. The van der Waals surface area contributed by atoms with E-state index >= 15 is 0 Å². The van der Waals surface area contributed by atoms with E-state index in [1.807, 2.05) is 0 Å². The number of benzene rings is 2. The molecule has 1 heterocycles. The molecule has 0 radical (unpaired) electrons. The number of nitrogens with one attached hydrogen (secondary N) is 2. The van der Waals surface area contributed by atoms with Crippen LogP contribution in [0, 0.1) is 0 Å². The molecule has 0 fully saturated rings. The molecule has 7 heteroatoms. The molecule has 7 nitrogen and oxygen atoms in total. The third-order valence-corrected chi connectivity index (χ3v) is 5.43. The topological polar surface area (TPSA) is 85.2 Å². The maximum atomic E-state index is 12.7. The number of amides is 2. The summed E-state index contributed by atoms with van der Waals surface area (Å²) in [5.74, 6) is 0.488. The Kier molecular flexibility index (Phi) is 4.96. The molecular formula is C22H24N4O3. The van der Waals surface area contributed by atoms with E-state index in [0.29, 0.717) is 22.5 Å². The van der Waals surface area contributed by atoms with E-state index in [9.17, 15) is 9.59 Å². The number of aryl methyl sites for hydroxylation is 1. The largest absolute Gasteiger partial charge is 0.451 e. The van der Waals surface area contributed by atoms with Crippen molar-refractivity contribution in [2.75, 3.05) is 12.4 Å². The fourth-order valence-corrected chi connectivity index (χ4v) is 3.86. The summed E-state index contributed by atoms with van der Waals surface area (Å²) in [4.78, 5) is 24.5. The van der Waals surface area contributed by atoms with Crippen LogP contribution in [0.15, 0.2) is 42.6 Å². The van der Waals surface area contributed by atoms with Gasteiger partial charge in [0.1, 0.15) is 0 Å². The van der Waals surface area contributed by atoms with Crippen molar-refractivity contribution in [3.63, 3.8) is 0 Å². The van der Waals surface area contributed by atoms with Gasteiger partial charge in [-0.05, 0) is 47.6 Å². The van der Waals surface area contributed by atoms with Crippen LogP contribution in [0.1, 0.15) is 48.9 Å². The number of carbonyl (C=O) groups is 2. The third kappa shape index (κ3) is 3.55. The van der Waals surface area contributed by atoms with E-state index in [1.54, 1.807) is 24.4 Å². The van der Waals surface area contributed by atoms with Crippen LogP contribution in [0.2, 0.25) is 0 Å². The number of rotatable bonds is 3. The van der Waals surface area contributed by atoms with Gasteiger partial charge in [-0.2, -0.15) is 9.78 Å². The predicted octanol–water partition coefficient (Wildman–Crippen LogP) is 4.58. The van der Waals surface area contributed by atoms with E-state index in [1.165, 1.54) is 23.8 Å². The van der Waals surface area contributed by atoms with Gasteiger partial charge in [0.15, 0.2) is 0 Å². The van der Waals surface area contributed by atoms with Gasteiger partial charge in [-0.25, -0.2) is 9.59 Å². The second-order valence-corrected chi connectivity index (χ2v) is 7.57. The Labute approximate surface area is 169 Å². The van der Waals surface area contributed by atoms with Gasteiger partial charge in [-0.3, -0.25) is 0 Å². The molecule has 2 aromatic carbocycles. The van der Waals surface area contributed by atoms with Crippen LogP contribution in [0.4, 0.5) is 15.3 Å². The Morgan fingerprint density at radius 2 is 2.07 bits per heavy atom. The molecule has 29 heavy (non-hydrogen) atoms. The van der Waals surface area contributed by atoms with E-state index in [4.69, 9.17) is 4.74 Å². The molecule has 3 aromatic rings. The van der Waals surface area contributed by atoms with Crippen molar-refractivity contribution < 1.29 is 14.3 Å². The van der Waals surface area contributed by atoms with E-state index in [2.05, 4.69) is 47.8 Å². The van der Waals surface area contributed by atoms with Crippen molar-refractivity contribution in [3.8, 4) is 0 Å². The third-order valence-electron chi connectivity index (χ3n) is 5.43. The molecule has 0 saturated carbocycles. The average molecular weight is 392 g/mol. The summed E-state index contributed by atoms with van der Waals surface area (Å²) >= 11 is 0. The van der Waals surface area contributed by atoms with Crippen LogP contribution in [-0.2, 0) is 11.2 Å². The number of aromatic nitrogens is 2. The molecule has 0 bridgehead atoms.